The van der Waals surface area contributed by atoms with Gasteiger partial charge in [0.05, 0.1) is 16.9 Å². The maximum absolute atomic E-state index is 11.7. The van der Waals surface area contributed by atoms with Crippen LogP contribution in [0.25, 0.3) is 10.9 Å². The molecule has 5 heteroatoms. The van der Waals surface area contributed by atoms with Crippen molar-refractivity contribution in [2.24, 2.45) is 0 Å². The molecule has 0 bridgehead atoms. The van der Waals surface area contributed by atoms with Gasteiger partial charge in [0.15, 0.2) is 0 Å². The summed E-state index contributed by atoms with van der Waals surface area (Å²) in [7, 11) is 0. The number of fused-ring (bicyclic) bond motifs is 1. The molecule has 5 nitrogen and oxygen atoms in total. The molecule has 2 aromatic rings. The van der Waals surface area contributed by atoms with Crippen molar-refractivity contribution in [1.29, 1.82) is 0 Å². The van der Waals surface area contributed by atoms with Crippen LogP contribution >= 0.6 is 0 Å². The van der Waals surface area contributed by atoms with Crippen LogP contribution in [-0.2, 0) is 0 Å². The average molecular weight is 228 g/mol. The highest BCUT2D eigenvalue weighted by molar-refractivity contribution is 6.06. The molecule has 86 valence electrons. The molecule has 0 radical (unpaired) electrons. The second kappa shape index (κ2) is 3.62. The number of pyridine rings is 1. The van der Waals surface area contributed by atoms with Crippen LogP contribution in [0.4, 0.5) is 16.2 Å². The highest BCUT2D eigenvalue weighted by atomic mass is 16.2. The van der Waals surface area contributed by atoms with Crippen molar-refractivity contribution in [2.75, 3.05) is 23.7 Å². The smallest absolute Gasteiger partial charge is 0.322 e. The number of carbonyl (C=O) groups is 1. The van der Waals surface area contributed by atoms with Gasteiger partial charge in [0.25, 0.3) is 0 Å². The Morgan fingerprint density at radius 1 is 1.35 bits per heavy atom. The molecule has 0 saturated carbocycles. The lowest BCUT2D eigenvalue weighted by Gasteiger charge is -2.17. The van der Waals surface area contributed by atoms with Gasteiger partial charge >= 0.3 is 6.03 Å². The zero-order valence-corrected chi connectivity index (χ0v) is 9.18. The Morgan fingerprint density at radius 3 is 3.00 bits per heavy atom. The summed E-state index contributed by atoms with van der Waals surface area (Å²) in [6.45, 7) is 1.34. The van der Waals surface area contributed by atoms with Gasteiger partial charge in [0.1, 0.15) is 0 Å². The van der Waals surface area contributed by atoms with Gasteiger partial charge in [-0.25, -0.2) is 4.79 Å². The van der Waals surface area contributed by atoms with Crippen LogP contribution in [-0.4, -0.2) is 24.1 Å². The maximum Gasteiger partial charge on any atom is 0.322 e. The fourth-order valence-corrected chi connectivity index (χ4v) is 2.12. The molecule has 1 fully saturated rings. The summed E-state index contributed by atoms with van der Waals surface area (Å²) in [5, 5.41) is 3.69. The number of nitrogens with one attached hydrogen (secondary N) is 1. The highest BCUT2D eigenvalue weighted by Gasteiger charge is 2.23. The minimum Gasteiger partial charge on any atom is -0.397 e. The van der Waals surface area contributed by atoms with Gasteiger partial charge in [0.2, 0.25) is 0 Å². The molecule has 2 amide bonds. The van der Waals surface area contributed by atoms with E-state index < -0.39 is 0 Å². The highest BCUT2D eigenvalue weighted by Crippen LogP contribution is 2.30. The number of amides is 2. The zero-order chi connectivity index (χ0) is 11.8. The van der Waals surface area contributed by atoms with Gasteiger partial charge in [-0.05, 0) is 24.3 Å². The summed E-state index contributed by atoms with van der Waals surface area (Å²) < 4.78 is 0. The second-order valence-electron chi connectivity index (χ2n) is 3.96. The van der Waals surface area contributed by atoms with Crippen LogP contribution in [0.5, 0.6) is 0 Å². The Hall–Kier alpha value is -2.30. The van der Waals surface area contributed by atoms with Gasteiger partial charge < -0.3 is 11.1 Å². The van der Waals surface area contributed by atoms with Gasteiger partial charge in [0, 0.05) is 24.7 Å². The van der Waals surface area contributed by atoms with Crippen molar-refractivity contribution in [1.82, 2.24) is 10.3 Å². The molecule has 3 rings (SSSR count). The average Bonchev–Trinajstić information content (AvgIpc) is 2.77. The predicted molar refractivity (Wildman–Crippen MR) is 66.9 cm³/mol. The zero-order valence-electron chi connectivity index (χ0n) is 9.18. The number of nitrogen functional groups attached to an aromatic ring is 1. The molecule has 3 N–H and O–H groups in total. The molecule has 1 aromatic heterocycles. The van der Waals surface area contributed by atoms with Crippen LogP contribution in [0, 0.1) is 0 Å². The number of hydrogen-bond donors (Lipinski definition) is 2. The molecule has 1 aliphatic heterocycles. The van der Waals surface area contributed by atoms with E-state index in [0.717, 1.165) is 16.6 Å². The molecule has 1 saturated heterocycles. The van der Waals surface area contributed by atoms with E-state index in [4.69, 9.17) is 5.73 Å². The normalized spacial score (nSPS) is 15.3. The summed E-state index contributed by atoms with van der Waals surface area (Å²) in [6.07, 6.45) is 1.70. The largest absolute Gasteiger partial charge is 0.397 e. The Morgan fingerprint density at radius 2 is 2.24 bits per heavy atom. The molecule has 0 spiro atoms. The Kier molecular flexibility index (Phi) is 2.11. The SMILES string of the molecule is Nc1ccc(N2CCNC2=O)c2cccnc12. The first-order valence-corrected chi connectivity index (χ1v) is 5.46. The first kappa shape index (κ1) is 9.89. The Bertz CT molecular complexity index is 596. The van der Waals surface area contributed by atoms with Gasteiger partial charge in [-0.1, -0.05) is 0 Å². The van der Waals surface area contributed by atoms with Gasteiger partial charge in [-0.3, -0.25) is 9.88 Å². The van der Waals surface area contributed by atoms with E-state index in [1.54, 1.807) is 17.2 Å². The van der Waals surface area contributed by atoms with Crippen molar-refractivity contribution >= 4 is 28.3 Å². The van der Waals surface area contributed by atoms with Crippen molar-refractivity contribution < 1.29 is 4.79 Å². The monoisotopic (exact) mass is 228 g/mol. The quantitative estimate of drug-likeness (QED) is 0.724. The van der Waals surface area contributed by atoms with E-state index in [1.807, 2.05) is 18.2 Å². The van der Waals surface area contributed by atoms with E-state index in [1.165, 1.54) is 0 Å². The molecular formula is C12H12N4O. The van der Waals surface area contributed by atoms with Crippen LogP contribution < -0.4 is 16.0 Å². The molecule has 0 unspecified atom stereocenters. The lowest BCUT2D eigenvalue weighted by Crippen LogP contribution is -2.27. The topological polar surface area (TPSA) is 71.2 Å². The summed E-state index contributed by atoms with van der Waals surface area (Å²) in [6, 6.07) is 7.36. The number of nitrogens with two attached hydrogens (primary N) is 1. The predicted octanol–water partition coefficient (Wildman–Crippen LogP) is 1.35. The summed E-state index contributed by atoms with van der Waals surface area (Å²) in [5.41, 5.74) is 8.10. The van der Waals surface area contributed by atoms with Crippen LogP contribution in [0.1, 0.15) is 0 Å². The van der Waals surface area contributed by atoms with Gasteiger partial charge in [-0.15, -0.1) is 0 Å². The summed E-state index contributed by atoms with van der Waals surface area (Å²) >= 11 is 0. The van der Waals surface area contributed by atoms with E-state index in [-0.39, 0.29) is 6.03 Å². The van der Waals surface area contributed by atoms with Crippen molar-refractivity contribution in [2.45, 2.75) is 0 Å². The molecule has 0 aliphatic carbocycles. The van der Waals surface area contributed by atoms with Crippen molar-refractivity contribution in [3.63, 3.8) is 0 Å². The number of carbonyl (C=O) groups excluding carboxylic acids is 1. The Labute approximate surface area is 98.2 Å². The number of nitrogens with zero attached hydrogens (tertiary/aromatic N) is 2. The second-order valence-corrected chi connectivity index (χ2v) is 3.96. The lowest BCUT2D eigenvalue weighted by molar-refractivity contribution is 0.252. The van der Waals surface area contributed by atoms with Crippen LogP contribution in [0.3, 0.4) is 0 Å². The van der Waals surface area contributed by atoms with Gasteiger partial charge in [-0.2, -0.15) is 0 Å². The standard InChI is InChI=1S/C12H12N4O/c13-9-3-4-10(16-7-6-15-12(16)17)8-2-1-5-14-11(8)9/h1-5H,6-7,13H2,(H,15,17). The van der Waals surface area contributed by atoms with E-state index in [2.05, 4.69) is 10.3 Å². The fourth-order valence-electron chi connectivity index (χ4n) is 2.12. The minimum atomic E-state index is -0.0695. The summed E-state index contributed by atoms with van der Waals surface area (Å²) in [4.78, 5) is 17.6. The van der Waals surface area contributed by atoms with Crippen LogP contribution in [0.2, 0.25) is 0 Å². The molecule has 2 heterocycles. The molecule has 1 aliphatic rings. The van der Waals surface area contributed by atoms with Crippen molar-refractivity contribution in [3.8, 4) is 0 Å². The third-order valence-electron chi connectivity index (χ3n) is 2.93. The fraction of sp³-hybridized carbons (Fsp3) is 0.167. The third kappa shape index (κ3) is 1.47. The first-order chi connectivity index (χ1) is 8.27. The number of rotatable bonds is 1. The number of urea groups is 1. The Balaban J connectivity index is 2.23. The molecular weight excluding hydrogens is 216 g/mol. The van der Waals surface area contributed by atoms with E-state index in [9.17, 15) is 4.79 Å². The number of benzene rings is 1. The molecule has 17 heavy (non-hydrogen) atoms. The number of anilines is 2. The lowest BCUT2D eigenvalue weighted by atomic mass is 10.1. The summed E-state index contributed by atoms with van der Waals surface area (Å²) in [5.74, 6) is 0. The maximum atomic E-state index is 11.7. The third-order valence-corrected chi connectivity index (χ3v) is 2.93. The van der Waals surface area contributed by atoms with E-state index >= 15 is 0 Å². The minimum absolute atomic E-state index is 0.0695. The first-order valence-electron chi connectivity index (χ1n) is 5.46. The number of hydrogen-bond acceptors (Lipinski definition) is 3. The van der Waals surface area contributed by atoms with E-state index in [0.29, 0.717) is 18.8 Å². The number of aromatic nitrogens is 1. The van der Waals surface area contributed by atoms with Crippen molar-refractivity contribution in [3.05, 3.63) is 30.5 Å². The van der Waals surface area contributed by atoms with Crippen LogP contribution in [0.15, 0.2) is 30.5 Å². The molecule has 1 aromatic carbocycles. The molecule has 0 atom stereocenters.